The van der Waals surface area contributed by atoms with E-state index in [1.807, 2.05) is 12.4 Å². The maximum absolute atomic E-state index is 4.24. The van der Waals surface area contributed by atoms with E-state index in [9.17, 15) is 0 Å². The van der Waals surface area contributed by atoms with Crippen molar-refractivity contribution < 1.29 is 0 Å². The molecule has 0 saturated carbocycles. The van der Waals surface area contributed by atoms with E-state index in [0.29, 0.717) is 0 Å². The first-order chi connectivity index (χ1) is 10.0. The molecule has 2 heteroatoms. The van der Waals surface area contributed by atoms with Gasteiger partial charge < -0.3 is 0 Å². The lowest BCUT2D eigenvalue weighted by Crippen LogP contribution is -1.91. The predicted molar refractivity (Wildman–Crippen MR) is 97.2 cm³/mol. The third kappa shape index (κ3) is 4.89. The van der Waals surface area contributed by atoms with Gasteiger partial charge in [0.05, 0.1) is 0 Å². The highest BCUT2D eigenvalue weighted by atomic mass is 14.6. The molecule has 1 rings (SSSR count). The van der Waals surface area contributed by atoms with Crippen molar-refractivity contribution in [3.05, 3.63) is 71.1 Å². The molecule has 1 heterocycles. The number of pyridine rings is 1. The van der Waals surface area contributed by atoms with Gasteiger partial charge in [-0.3, -0.25) is 4.98 Å². The summed E-state index contributed by atoms with van der Waals surface area (Å²) in [6, 6.07) is 2.05. The van der Waals surface area contributed by atoms with Gasteiger partial charge in [0.25, 0.3) is 0 Å². The van der Waals surface area contributed by atoms with E-state index in [1.165, 1.54) is 33.4 Å². The van der Waals surface area contributed by atoms with Crippen LogP contribution >= 0.6 is 0 Å². The van der Waals surface area contributed by atoms with E-state index in [-0.39, 0.29) is 0 Å². The van der Waals surface area contributed by atoms with Gasteiger partial charge in [-0.05, 0) is 61.1 Å². The molecule has 0 radical (unpaired) electrons. The lowest BCUT2D eigenvalue weighted by molar-refractivity contribution is 1.21. The van der Waals surface area contributed by atoms with E-state index >= 15 is 0 Å². The topological polar surface area (TPSA) is 12.9 Å². The smallest absolute Gasteiger partial charge is 0.107 e. The van der Waals surface area contributed by atoms with Crippen LogP contribution in [0.15, 0.2) is 60.0 Å². The number of nitrogens with zero attached hydrogens (tertiary/aromatic N) is 1. The molecule has 0 N–H and O–H groups in total. The monoisotopic (exact) mass is 279 g/mol. The molecule has 1 aromatic rings. The van der Waals surface area contributed by atoms with Gasteiger partial charge >= 0.3 is 0 Å². The van der Waals surface area contributed by atoms with Crippen LogP contribution < -0.4 is 0 Å². The third-order valence-electron chi connectivity index (χ3n) is 3.77. The summed E-state index contributed by atoms with van der Waals surface area (Å²) < 4.78 is 0. The van der Waals surface area contributed by atoms with Crippen molar-refractivity contribution in [2.24, 2.45) is 0 Å². The predicted octanol–water partition coefficient (Wildman–Crippen LogP) is 4.68. The summed E-state index contributed by atoms with van der Waals surface area (Å²) in [7, 11) is 2.15. The van der Waals surface area contributed by atoms with E-state index in [0.717, 1.165) is 12.7 Å². The number of allylic oxidation sites excluding steroid dienone is 7. The summed E-state index contributed by atoms with van der Waals surface area (Å²) in [5.74, 6) is 0. The lowest BCUT2D eigenvalue weighted by Gasteiger charge is -2.10. The number of aromatic nitrogens is 1. The van der Waals surface area contributed by atoms with Crippen molar-refractivity contribution in [3.8, 4) is 0 Å². The van der Waals surface area contributed by atoms with Crippen LogP contribution in [-0.2, 0) is 0 Å². The molecule has 0 aliphatic heterocycles. The molecule has 0 saturated heterocycles. The summed E-state index contributed by atoms with van der Waals surface area (Å²) in [6.45, 7) is 12.8. The fourth-order valence-corrected chi connectivity index (χ4v) is 2.13. The van der Waals surface area contributed by atoms with Crippen molar-refractivity contribution in [1.82, 2.24) is 4.98 Å². The van der Waals surface area contributed by atoms with Gasteiger partial charge in [0, 0.05) is 12.4 Å². The maximum Gasteiger partial charge on any atom is 0.107 e. The molecule has 0 fully saturated rings. The van der Waals surface area contributed by atoms with Crippen molar-refractivity contribution >= 4 is 13.4 Å². The summed E-state index contributed by atoms with van der Waals surface area (Å²) in [5.41, 5.74) is 7.40. The quantitative estimate of drug-likeness (QED) is 0.544. The Morgan fingerprint density at radius 2 is 2.10 bits per heavy atom. The largest absolute Gasteiger partial charge is 0.264 e. The standard InChI is InChI=1S/C19H26BN/c1-6-7-8-18(16(4)12-20)11-15(3)17(5)19-13-21-10-9-14(19)2/h7-11,13H,4,6,12,20H2,1-3,5H3/b8-7+,17-15+,18-11+. The minimum atomic E-state index is 0.970. The maximum atomic E-state index is 4.24. The normalized spacial score (nSPS) is 13.4. The first-order valence-electron chi connectivity index (χ1n) is 7.66. The van der Waals surface area contributed by atoms with Crippen LogP contribution in [-0.4, -0.2) is 12.8 Å². The summed E-state index contributed by atoms with van der Waals surface area (Å²) >= 11 is 0. The minimum absolute atomic E-state index is 0.970. The Bertz CT molecular complexity index is 591. The third-order valence-corrected chi connectivity index (χ3v) is 3.77. The van der Waals surface area contributed by atoms with Crippen molar-refractivity contribution in [2.75, 3.05) is 0 Å². The molecule has 0 atom stereocenters. The molecular weight excluding hydrogens is 253 g/mol. The van der Waals surface area contributed by atoms with Gasteiger partial charge in [-0.15, -0.1) is 0 Å². The highest BCUT2D eigenvalue weighted by Crippen LogP contribution is 2.24. The Hall–Kier alpha value is -1.83. The second-order valence-electron chi connectivity index (χ2n) is 5.37. The number of hydrogen-bond acceptors (Lipinski definition) is 1. The molecule has 0 spiro atoms. The van der Waals surface area contributed by atoms with E-state index < -0.39 is 0 Å². The lowest BCUT2D eigenvalue weighted by atomic mass is 9.90. The Morgan fingerprint density at radius 1 is 1.38 bits per heavy atom. The summed E-state index contributed by atoms with van der Waals surface area (Å²) in [6.07, 6.45) is 12.4. The van der Waals surface area contributed by atoms with Crippen LogP contribution in [0.2, 0.25) is 6.32 Å². The number of rotatable bonds is 6. The first-order valence-corrected chi connectivity index (χ1v) is 7.66. The van der Waals surface area contributed by atoms with Gasteiger partial charge in [0.2, 0.25) is 0 Å². The SMILES string of the molecule is BCC(=C)C(/C=C/CC)=C/C(C)=C(\C)c1cnccc1C. The van der Waals surface area contributed by atoms with E-state index in [1.54, 1.807) is 0 Å². The Labute approximate surface area is 130 Å². The van der Waals surface area contributed by atoms with E-state index in [4.69, 9.17) is 0 Å². The molecule has 0 amide bonds. The van der Waals surface area contributed by atoms with Crippen molar-refractivity contribution in [1.29, 1.82) is 0 Å². The van der Waals surface area contributed by atoms with Crippen LogP contribution in [0.3, 0.4) is 0 Å². The van der Waals surface area contributed by atoms with Crippen LogP contribution in [0.1, 0.15) is 38.3 Å². The zero-order valence-corrected chi connectivity index (χ0v) is 14.0. The molecule has 1 nitrogen and oxygen atoms in total. The van der Waals surface area contributed by atoms with Crippen LogP contribution in [0.5, 0.6) is 0 Å². The molecule has 1 aromatic heterocycles. The van der Waals surface area contributed by atoms with Crippen LogP contribution in [0.4, 0.5) is 0 Å². The summed E-state index contributed by atoms with van der Waals surface area (Å²) in [4.78, 5) is 4.24. The van der Waals surface area contributed by atoms with Gasteiger partial charge in [0.1, 0.15) is 7.85 Å². The second kappa shape index (κ2) is 8.46. The molecule has 21 heavy (non-hydrogen) atoms. The van der Waals surface area contributed by atoms with Crippen molar-refractivity contribution in [3.63, 3.8) is 0 Å². The van der Waals surface area contributed by atoms with Gasteiger partial charge in [-0.2, -0.15) is 0 Å². The van der Waals surface area contributed by atoms with Crippen LogP contribution in [0, 0.1) is 6.92 Å². The highest BCUT2D eigenvalue weighted by molar-refractivity contribution is 6.10. The Balaban J connectivity index is 3.25. The minimum Gasteiger partial charge on any atom is -0.264 e. The van der Waals surface area contributed by atoms with Gasteiger partial charge in [-0.1, -0.05) is 43.6 Å². The molecule has 0 aliphatic rings. The molecule has 0 aromatic carbocycles. The first kappa shape index (κ1) is 17.2. The Kier molecular flexibility index (Phi) is 6.94. The fraction of sp³-hybridized carbons (Fsp3) is 0.316. The second-order valence-corrected chi connectivity index (χ2v) is 5.37. The number of aryl methyl sites for hydroxylation is 1. The molecule has 0 bridgehead atoms. The number of hydrogen-bond donors (Lipinski definition) is 0. The van der Waals surface area contributed by atoms with Gasteiger partial charge in [-0.25, -0.2) is 0 Å². The molecule has 0 aliphatic carbocycles. The zero-order valence-electron chi connectivity index (χ0n) is 14.0. The van der Waals surface area contributed by atoms with Crippen molar-refractivity contribution in [2.45, 2.75) is 40.4 Å². The molecular formula is C19H26BN. The average Bonchev–Trinajstić information content (AvgIpc) is 2.50. The average molecular weight is 279 g/mol. The fourth-order valence-electron chi connectivity index (χ4n) is 2.13. The molecule has 0 unspecified atom stereocenters. The van der Waals surface area contributed by atoms with E-state index in [2.05, 4.69) is 71.4 Å². The summed E-state index contributed by atoms with van der Waals surface area (Å²) in [5, 5.41) is 0. The van der Waals surface area contributed by atoms with Crippen LogP contribution in [0.25, 0.3) is 5.57 Å². The van der Waals surface area contributed by atoms with Gasteiger partial charge in [0.15, 0.2) is 0 Å². The Morgan fingerprint density at radius 3 is 2.67 bits per heavy atom. The highest BCUT2D eigenvalue weighted by Gasteiger charge is 2.04. The zero-order chi connectivity index (χ0) is 15.8. The molecule has 110 valence electrons.